The van der Waals surface area contributed by atoms with Crippen molar-refractivity contribution in [3.8, 4) is 0 Å². The number of carbonyl (C=O) groups excluding carboxylic acids is 1. The van der Waals surface area contributed by atoms with Crippen molar-refractivity contribution in [2.75, 3.05) is 13.2 Å². The topological polar surface area (TPSA) is 29.5 Å². The smallest absolute Gasteiger partial charge is 0.268 e. The Morgan fingerprint density at radius 3 is 2.43 bits per heavy atom. The molecule has 0 aliphatic carbocycles. The first-order chi connectivity index (χ1) is 3.30. The molecule has 0 radical (unpaired) electrons. The fraction of sp³-hybridized carbons (Fsp3) is 0.667. The van der Waals surface area contributed by atoms with Gasteiger partial charge < -0.3 is 0 Å². The molecule has 1 saturated heterocycles. The van der Waals surface area contributed by atoms with Crippen LogP contribution in [0.25, 0.3) is 0 Å². The van der Waals surface area contributed by atoms with Gasteiger partial charge in [-0.2, -0.15) is 0 Å². The van der Waals surface area contributed by atoms with Gasteiger partial charge in [0.25, 0.3) is 0 Å². The van der Waals surface area contributed by atoms with E-state index in [-0.39, 0.29) is 3.91 Å². The molecule has 0 aromatic heterocycles. The molecule has 0 bridgehead atoms. The normalized spacial score (nSPS) is 18.7. The van der Waals surface area contributed by atoms with Gasteiger partial charge in [-0.3, -0.25) is 9.63 Å². The minimum atomic E-state index is -0.0381. The summed E-state index contributed by atoms with van der Waals surface area (Å²) in [6.45, 7) is 1.44. The fourth-order valence-corrected chi connectivity index (χ4v) is 0.702. The second-order valence-electron chi connectivity index (χ2n) is 1.19. The molecule has 1 fully saturated rings. The Kier molecular flexibility index (Phi) is 1.48. The summed E-state index contributed by atoms with van der Waals surface area (Å²) < 4.78 is -0.0381. The molecule has 0 aromatic rings. The molecule has 0 N–H and O–H groups in total. The summed E-state index contributed by atoms with van der Waals surface area (Å²) >= 11 is 1.68. The van der Waals surface area contributed by atoms with E-state index in [4.69, 9.17) is 0 Å². The zero-order valence-electron chi connectivity index (χ0n) is 3.56. The molecule has 0 saturated carbocycles. The summed E-state index contributed by atoms with van der Waals surface area (Å²) in [6, 6.07) is 0. The lowest BCUT2D eigenvalue weighted by Gasteiger charge is -2.27. The third-order valence-electron chi connectivity index (χ3n) is 0.738. The SMILES string of the molecule is O=C(I)N1CCO1. The lowest BCUT2D eigenvalue weighted by atomic mass is 10.6. The van der Waals surface area contributed by atoms with Gasteiger partial charge in [-0.05, 0) is 0 Å². The highest BCUT2D eigenvalue weighted by molar-refractivity contribution is 14.1. The van der Waals surface area contributed by atoms with E-state index in [1.54, 1.807) is 22.6 Å². The Hall–Kier alpha value is 0.160. The molecule has 4 heteroatoms. The monoisotopic (exact) mass is 213 g/mol. The fourth-order valence-electron chi connectivity index (χ4n) is 0.321. The molecule has 0 spiro atoms. The number of amides is 1. The molecule has 1 aliphatic rings. The molecule has 3 nitrogen and oxygen atoms in total. The molecule has 40 valence electrons. The number of carbonyl (C=O) groups is 1. The Balaban J connectivity index is 2.27. The Bertz CT molecular complexity index is 90.9. The molecule has 0 aromatic carbocycles. The second-order valence-corrected chi connectivity index (χ2v) is 2.11. The molecule has 7 heavy (non-hydrogen) atoms. The van der Waals surface area contributed by atoms with Gasteiger partial charge in [-0.15, -0.1) is 0 Å². The van der Waals surface area contributed by atoms with Crippen LogP contribution in [0.2, 0.25) is 0 Å². The molecule has 1 rings (SSSR count). The zero-order chi connectivity index (χ0) is 5.28. The first-order valence-corrected chi connectivity index (χ1v) is 2.98. The maximum atomic E-state index is 10.2. The van der Waals surface area contributed by atoms with Gasteiger partial charge in [0.05, 0.1) is 13.2 Å². The summed E-state index contributed by atoms with van der Waals surface area (Å²) in [5.41, 5.74) is 0. The van der Waals surface area contributed by atoms with Crippen molar-refractivity contribution in [2.45, 2.75) is 0 Å². The number of hydroxylamine groups is 2. The number of rotatable bonds is 0. The van der Waals surface area contributed by atoms with Gasteiger partial charge in [0.2, 0.25) is 0 Å². The first-order valence-electron chi connectivity index (χ1n) is 1.90. The van der Waals surface area contributed by atoms with Crippen molar-refractivity contribution in [3.05, 3.63) is 0 Å². The number of hydrogen-bond acceptors (Lipinski definition) is 2. The standard InChI is InChI=1S/C3H4INO2/c4-3(6)5-1-2-7-5/h1-2H2. The molecule has 0 unspecified atom stereocenters. The van der Waals surface area contributed by atoms with E-state index in [1.807, 2.05) is 0 Å². The van der Waals surface area contributed by atoms with Gasteiger partial charge >= 0.3 is 3.91 Å². The number of hydrogen-bond donors (Lipinski definition) is 0. The summed E-state index contributed by atoms with van der Waals surface area (Å²) in [5, 5.41) is 1.32. The van der Waals surface area contributed by atoms with Crippen molar-refractivity contribution in [1.29, 1.82) is 0 Å². The van der Waals surface area contributed by atoms with Crippen LogP contribution in [0.5, 0.6) is 0 Å². The van der Waals surface area contributed by atoms with Crippen molar-refractivity contribution in [3.63, 3.8) is 0 Å². The minimum Gasteiger partial charge on any atom is -0.268 e. The van der Waals surface area contributed by atoms with E-state index in [0.29, 0.717) is 6.61 Å². The van der Waals surface area contributed by atoms with Crippen LogP contribution in [0.3, 0.4) is 0 Å². The average Bonchev–Trinajstić information content (AvgIpc) is 1.23. The van der Waals surface area contributed by atoms with Crippen LogP contribution in [0, 0.1) is 0 Å². The van der Waals surface area contributed by atoms with Gasteiger partial charge in [0.1, 0.15) is 0 Å². The predicted molar refractivity (Wildman–Crippen MR) is 32.1 cm³/mol. The lowest BCUT2D eigenvalue weighted by Crippen LogP contribution is -2.40. The highest BCUT2D eigenvalue weighted by Gasteiger charge is 2.18. The van der Waals surface area contributed by atoms with Gasteiger partial charge in [0.15, 0.2) is 0 Å². The average molecular weight is 213 g/mol. The predicted octanol–water partition coefficient (Wildman–Crippen LogP) is 0.789. The molecular weight excluding hydrogens is 209 g/mol. The van der Waals surface area contributed by atoms with Gasteiger partial charge in [-0.25, -0.2) is 5.06 Å². The van der Waals surface area contributed by atoms with Crippen molar-refractivity contribution in [2.24, 2.45) is 0 Å². The molecule has 1 aliphatic heterocycles. The number of halogens is 1. The zero-order valence-corrected chi connectivity index (χ0v) is 5.71. The van der Waals surface area contributed by atoms with Crippen LogP contribution in [0.1, 0.15) is 0 Å². The molecule has 0 atom stereocenters. The van der Waals surface area contributed by atoms with Crippen molar-refractivity contribution < 1.29 is 9.63 Å². The lowest BCUT2D eigenvalue weighted by molar-refractivity contribution is -0.196. The second kappa shape index (κ2) is 1.95. The van der Waals surface area contributed by atoms with Crippen LogP contribution < -0.4 is 0 Å². The van der Waals surface area contributed by atoms with Crippen LogP contribution in [-0.2, 0) is 4.84 Å². The van der Waals surface area contributed by atoms with Crippen molar-refractivity contribution in [1.82, 2.24) is 5.06 Å². The van der Waals surface area contributed by atoms with Crippen LogP contribution >= 0.6 is 22.6 Å². The molecule has 1 heterocycles. The van der Waals surface area contributed by atoms with Crippen LogP contribution in [0.4, 0.5) is 4.79 Å². The Labute approximate surface area is 54.7 Å². The highest BCUT2D eigenvalue weighted by atomic mass is 127. The summed E-state index contributed by atoms with van der Waals surface area (Å²) in [6.07, 6.45) is 0. The molecule has 1 amide bonds. The summed E-state index contributed by atoms with van der Waals surface area (Å²) in [5.74, 6) is 0. The van der Waals surface area contributed by atoms with E-state index in [1.165, 1.54) is 5.06 Å². The largest absolute Gasteiger partial charge is 0.306 e. The van der Waals surface area contributed by atoms with Gasteiger partial charge in [-0.1, -0.05) is 0 Å². The van der Waals surface area contributed by atoms with E-state index < -0.39 is 0 Å². The van der Waals surface area contributed by atoms with Crippen LogP contribution in [0.15, 0.2) is 0 Å². The van der Waals surface area contributed by atoms with E-state index in [9.17, 15) is 4.79 Å². The third kappa shape index (κ3) is 1.03. The maximum Gasteiger partial charge on any atom is 0.306 e. The van der Waals surface area contributed by atoms with E-state index in [2.05, 4.69) is 4.84 Å². The first kappa shape index (κ1) is 5.30. The third-order valence-corrected chi connectivity index (χ3v) is 1.28. The highest BCUT2D eigenvalue weighted by Crippen LogP contribution is 2.06. The summed E-state index contributed by atoms with van der Waals surface area (Å²) in [4.78, 5) is 14.9. The number of nitrogens with zero attached hydrogens (tertiary/aromatic N) is 1. The minimum absolute atomic E-state index is 0.0381. The van der Waals surface area contributed by atoms with Crippen molar-refractivity contribution >= 4 is 26.5 Å². The quantitative estimate of drug-likeness (QED) is 0.338. The maximum absolute atomic E-state index is 10.2. The Morgan fingerprint density at radius 1 is 1.86 bits per heavy atom. The van der Waals surface area contributed by atoms with Crippen LogP contribution in [-0.4, -0.2) is 22.1 Å². The Morgan fingerprint density at radius 2 is 2.43 bits per heavy atom. The van der Waals surface area contributed by atoms with Gasteiger partial charge in [0, 0.05) is 22.6 Å². The molecular formula is C3H4INO2. The van der Waals surface area contributed by atoms with E-state index in [0.717, 1.165) is 6.54 Å². The van der Waals surface area contributed by atoms with E-state index >= 15 is 0 Å². The summed E-state index contributed by atoms with van der Waals surface area (Å²) in [7, 11) is 0.